The van der Waals surface area contributed by atoms with E-state index in [-0.39, 0.29) is 0 Å². The molecule has 13 heavy (non-hydrogen) atoms. The van der Waals surface area contributed by atoms with Gasteiger partial charge in [-0.05, 0) is 23.6 Å². The molecule has 0 aliphatic heterocycles. The molecule has 0 saturated carbocycles. The SMILES string of the molecule is Nc1cc2cc(Cl)c(C=O)cc2s1. The van der Waals surface area contributed by atoms with Crippen LogP contribution in [0.25, 0.3) is 10.1 Å². The number of rotatable bonds is 1. The first-order valence-corrected chi connectivity index (χ1v) is 4.84. The van der Waals surface area contributed by atoms with Crippen LogP contribution in [-0.4, -0.2) is 6.29 Å². The summed E-state index contributed by atoms with van der Waals surface area (Å²) in [7, 11) is 0. The molecular weight excluding hydrogens is 206 g/mol. The standard InChI is InChI=1S/C9H6ClNOS/c10-7-1-5-3-9(11)13-8(5)2-6(7)4-12/h1-4H,11H2. The van der Waals surface area contributed by atoms with Gasteiger partial charge < -0.3 is 5.73 Å². The molecule has 0 amide bonds. The van der Waals surface area contributed by atoms with E-state index in [1.807, 2.05) is 6.07 Å². The lowest BCUT2D eigenvalue weighted by molar-refractivity contribution is 0.112. The van der Waals surface area contributed by atoms with Crippen LogP contribution in [0.15, 0.2) is 18.2 Å². The lowest BCUT2D eigenvalue weighted by Crippen LogP contribution is -1.79. The van der Waals surface area contributed by atoms with E-state index in [4.69, 9.17) is 17.3 Å². The molecule has 1 aromatic carbocycles. The molecular formula is C9H6ClNOS. The topological polar surface area (TPSA) is 43.1 Å². The highest BCUT2D eigenvalue weighted by Gasteiger charge is 2.04. The zero-order chi connectivity index (χ0) is 9.42. The number of carbonyl (C=O) groups excluding carboxylic acids is 1. The largest absolute Gasteiger partial charge is 0.391 e. The van der Waals surface area contributed by atoms with Gasteiger partial charge in [0.1, 0.15) is 0 Å². The molecule has 1 aromatic heterocycles. The maximum absolute atomic E-state index is 10.6. The van der Waals surface area contributed by atoms with E-state index in [9.17, 15) is 4.79 Å². The summed E-state index contributed by atoms with van der Waals surface area (Å²) >= 11 is 7.30. The molecule has 0 aliphatic carbocycles. The normalized spacial score (nSPS) is 10.5. The minimum absolute atomic E-state index is 0.473. The molecule has 2 aromatic rings. The van der Waals surface area contributed by atoms with Crippen molar-refractivity contribution in [2.24, 2.45) is 0 Å². The van der Waals surface area contributed by atoms with Crippen LogP contribution in [0.3, 0.4) is 0 Å². The van der Waals surface area contributed by atoms with E-state index in [1.54, 1.807) is 12.1 Å². The summed E-state index contributed by atoms with van der Waals surface area (Å²) in [6.45, 7) is 0. The van der Waals surface area contributed by atoms with E-state index >= 15 is 0 Å². The molecule has 2 rings (SSSR count). The monoisotopic (exact) mass is 211 g/mol. The number of thiophene rings is 1. The third kappa shape index (κ3) is 1.41. The van der Waals surface area contributed by atoms with Crippen molar-refractivity contribution in [3.05, 3.63) is 28.8 Å². The zero-order valence-corrected chi connectivity index (χ0v) is 8.15. The molecule has 0 fully saturated rings. The Balaban J connectivity index is 2.79. The molecule has 66 valence electrons. The summed E-state index contributed by atoms with van der Waals surface area (Å²) in [4.78, 5) is 10.6. The van der Waals surface area contributed by atoms with Gasteiger partial charge >= 0.3 is 0 Å². The average Bonchev–Trinajstić information content (AvgIpc) is 2.42. The Morgan fingerprint density at radius 1 is 1.38 bits per heavy atom. The first-order chi connectivity index (χ1) is 6.20. The predicted octanol–water partition coefficient (Wildman–Crippen LogP) is 2.95. The number of aldehydes is 1. The summed E-state index contributed by atoms with van der Waals surface area (Å²) < 4.78 is 0.990. The van der Waals surface area contributed by atoms with Crippen molar-refractivity contribution in [2.75, 3.05) is 5.73 Å². The number of hydrogen-bond donors (Lipinski definition) is 1. The van der Waals surface area contributed by atoms with Gasteiger partial charge in [0.15, 0.2) is 6.29 Å². The molecule has 0 bridgehead atoms. The minimum Gasteiger partial charge on any atom is -0.391 e. The van der Waals surface area contributed by atoms with Crippen LogP contribution in [-0.2, 0) is 0 Å². The lowest BCUT2D eigenvalue weighted by Gasteiger charge is -1.94. The first-order valence-electron chi connectivity index (χ1n) is 3.64. The number of fused-ring (bicyclic) bond motifs is 1. The maximum atomic E-state index is 10.6. The zero-order valence-electron chi connectivity index (χ0n) is 6.58. The van der Waals surface area contributed by atoms with Crippen LogP contribution in [0.2, 0.25) is 5.02 Å². The highest BCUT2D eigenvalue weighted by molar-refractivity contribution is 7.22. The Kier molecular flexibility index (Phi) is 1.98. The van der Waals surface area contributed by atoms with Gasteiger partial charge in [-0.1, -0.05) is 11.6 Å². The Labute approximate surface area is 83.9 Å². The molecule has 2 nitrogen and oxygen atoms in total. The number of nitrogens with two attached hydrogens (primary N) is 1. The minimum atomic E-state index is 0.473. The van der Waals surface area contributed by atoms with Gasteiger partial charge in [-0.3, -0.25) is 4.79 Å². The van der Waals surface area contributed by atoms with Crippen LogP contribution in [0.4, 0.5) is 5.00 Å². The predicted molar refractivity (Wildman–Crippen MR) is 56.6 cm³/mol. The molecule has 0 unspecified atom stereocenters. The molecule has 0 radical (unpaired) electrons. The van der Waals surface area contributed by atoms with Crippen LogP contribution >= 0.6 is 22.9 Å². The highest BCUT2D eigenvalue weighted by Crippen LogP contribution is 2.31. The Morgan fingerprint density at radius 2 is 2.15 bits per heavy atom. The van der Waals surface area contributed by atoms with Crippen molar-refractivity contribution in [1.82, 2.24) is 0 Å². The fourth-order valence-corrected chi connectivity index (χ4v) is 2.26. The molecule has 0 spiro atoms. The van der Waals surface area contributed by atoms with E-state index in [0.717, 1.165) is 21.4 Å². The van der Waals surface area contributed by atoms with Crippen molar-refractivity contribution in [1.29, 1.82) is 0 Å². The van der Waals surface area contributed by atoms with E-state index in [1.165, 1.54) is 11.3 Å². The first kappa shape index (κ1) is 8.53. The van der Waals surface area contributed by atoms with Crippen LogP contribution in [0.1, 0.15) is 10.4 Å². The second kappa shape index (κ2) is 3.01. The summed E-state index contributed by atoms with van der Waals surface area (Å²) in [5.74, 6) is 0. The summed E-state index contributed by atoms with van der Waals surface area (Å²) in [6, 6.07) is 5.36. The molecule has 0 atom stereocenters. The fourth-order valence-electron chi connectivity index (χ4n) is 1.19. The number of anilines is 1. The van der Waals surface area contributed by atoms with Crippen LogP contribution in [0.5, 0.6) is 0 Å². The molecule has 2 N–H and O–H groups in total. The van der Waals surface area contributed by atoms with Gasteiger partial charge in [0.2, 0.25) is 0 Å². The van der Waals surface area contributed by atoms with Crippen molar-refractivity contribution in [3.8, 4) is 0 Å². The highest BCUT2D eigenvalue weighted by atomic mass is 35.5. The van der Waals surface area contributed by atoms with Gasteiger partial charge in [0.25, 0.3) is 0 Å². The molecule has 4 heteroatoms. The molecule has 0 saturated heterocycles. The number of halogens is 1. The maximum Gasteiger partial charge on any atom is 0.151 e. The summed E-state index contributed by atoms with van der Waals surface area (Å²) in [5, 5.41) is 2.19. The smallest absolute Gasteiger partial charge is 0.151 e. The van der Waals surface area contributed by atoms with Crippen LogP contribution in [0, 0.1) is 0 Å². The summed E-state index contributed by atoms with van der Waals surface area (Å²) in [5.41, 5.74) is 6.13. The van der Waals surface area contributed by atoms with Gasteiger partial charge in [0.05, 0.1) is 10.0 Å². The van der Waals surface area contributed by atoms with Crippen molar-refractivity contribution >= 4 is 44.3 Å². The van der Waals surface area contributed by atoms with Crippen LogP contribution < -0.4 is 5.73 Å². The third-order valence-electron chi connectivity index (χ3n) is 1.78. The second-order valence-corrected chi connectivity index (χ2v) is 4.20. The Bertz CT molecular complexity index is 478. The van der Waals surface area contributed by atoms with Crippen molar-refractivity contribution in [2.45, 2.75) is 0 Å². The fraction of sp³-hybridized carbons (Fsp3) is 0. The molecule has 1 heterocycles. The van der Waals surface area contributed by atoms with Gasteiger partial charge in [0, 0.05) is 10.3 Å². The second-order valence-electron chi connectivity index (χ2n) is 2.68. The lowest BCUT2D eigenvalue weighted by atomic mass is 10.2. The van der Waals surface area contributed by atoms with E-state index < -0.39 is 0 Å². The average molecular weight is 212 g/mol. The van der Waals surface area contributed by atoms with Crippen molar-refractivity contribution < 1.29 is 4.79 Å². The number of nitrogen functional groups attached to an aromatic ring is 1. The van der Waals surface area contributed by atoms with E-state index in [2.05, 4.69) is 0 Å². The quantitative estimate of drug-likeness (QED) is 0.737. The van der Waals surface area contributed by atoms with Crippen molar-refractivity contribution in [3.63, 3.8) is 0 Å². The van der Waals surface area contributed by atoms with Gasteiger partial charge in [-0.15, -0.1) is 11.3 Å². The number of benzene rings is 1. The Morgan fingerprint density at radius 3 is 2.85 bits per heavy atom. The Hall–Kier alpha value is -1.06. The molecule has 0 aliphatic rings. The summed E-state index contributed by atoms with van der Waals surface area (Å²) in [6.07, 6.45) is 0.748. The van der Waals surface area contributed by atoms with Gasteiger partial charge in [-0.2, -0.15) is 0 Å². The van der Waals surface area contributed by atoms with Gasteiger partial charge in [-0.25, -0.2) is 0 Å². The number of hydrogen-bond acceptors (Lipinski definition) is 3. The van der Waals surface area contributed by atoms with E-state index in [0.29, 0.717) is 10.6 Å². The number of carbonyl (C=O) groups is 1. The third-order valence-corrected chi connectivity index (χ3v) is 3.04.